The normalized spacial score (nSPS) is 18.0. The highest BCUT2D eigenvalue weighted by atomic mass is 15.3. The maximum absolute atomic E-state index is 5.51. The van der Waals surface area contributed by atoms with Gasteiger partial charge in [0.05, 0.1) is 12.3 Å². The van der Waals surface area contributed by atoms with Crippen molar-refractivity contribution in [1.82, 2.24) is 4.90 Å². The summed E-state index contributed by atoms with van der Waals surface area (Å²) >= 11 is 0. The molecule has 56 valence electrons. The summed E-state index contributed by atoms with van der Waals surface area (Å²) in [5, 5.41) is 0. The number of nitrogens with two attached hydrogens (primary N) is 3. The van der Waals surface area contributed by atoms with E-state index in [0.717, 1.165) is 0 Å². The van der Waals surface area contributed by atoms with Gasteiger partial charge in [-0.05, 0) is 13.8 Å². The second-order valence-electron chi connectivity index (χ2n) is 2.18. The standard InChI is InChI=1S/C5H16N4/c1-4(7)9(3-6)5(2)8/h4-5H,3,6-8H2,1-2H3. The molecule has 0 aliphatic rings. The van der Waals surface area contributed by atoms with Gasteiger partial charge in [-0.2, -0.15) is 0 Å². The summed E-state index contributed by atoms with van der Waals surface area (Å²) in [6.07, 6.45) is -0.120. The smallest absolute Gasteiger partial charge is 0.0568 e. The molecule has 0 rings (SSSR count). The van der Waals surface area contributed by atoms with Crippen LogP contribution in [-0.2, 0) is 0 Å². The average Bonchev–Trinajstić information content (AvgIpc) is 1.64. The molecule has 0 spiro atoms. The first kappa shape index (κ1) is 8.84. The van der Waals surface area contributed by atoms with Crippen molar-refractivity contribution >= 4 is 0 Å². The van der Waals surface area contributed by atoms with E-state index in [1.54, 1.807) is 4.90 Å². The predicted octanol–water partition coefficient (Wildman–Crippen LogP) is -1.19. The number of hydrogen-bond donors (Lipinski definition) is 3. The summed E-state index contributed by atoms with van der Waals surface area (Å²) in [5.41, 5.74) is 16.4. The van der Waals surface area contributed by atoms with Crippen molar-refractivity contribution in [2.45, 2.75) is 26.2 Å². The van der Waals surface area contributed by atoms with Gasteiger partial charge in [0, 0.05) is 6.67 Å². The molecular weight excluding hydrogens is 116 g/mol. The highest BCUT2D eigenvalue weighted by molar-refractivity contribution is 4.61. The molecule has 0 fully saturated rings. The van der Waals surface area contributed by atoms with Gasteiger partial charge in [0.2, 0.25) is 0 Å². The zero-order valence-electron chi connectivity index (χ0n) is 6.04. The van der Waals surface area contributed by atoms with Gasteiger partial charge in [0.1, 0.15) is 0 Å². The summed E-state index contributed by atoms with van der Waals surface area (Å²) in [5.74, 6) is 0. The molecule has 9 heavy (non-hydrogen) atoms. The average molecular weight is 132 g/mol. The molecule has 4 heteroatoms. The monoisotopic (exact) mass is 132 g/mol. The van der Waals surface area contributed by atoms with Crippen molar-refractivity contribution in [2.75, 3.05) is 6.67 Å². The van der Waals surface area contributed by atoms with Crippen LogP contribution in [0, 0.1) is 0 Å². The fraction of sp³-hybridized carbons (Fsp3) is 1.00. The minimum atomic E-state index is -0.0602. The van der Waals surface area contributed by atoms with Crippen LogP contribution in [0.4, 0.5) is 0 Å². The molecule has 4 nitrogen and oxygen atoms in total. The molecule has 0 saturated carbocycles. The van der Waals surface area contributed by atoms with Gasteiger partial charge in [-0.25, -0.2) is 0 Å². The Labute approximate surface area is 56.0 Å². The topological polar surface area (TPSA) is 81.3 Å². The lowest BCUT2D eigenvalue weighted by molar-refractivity contribution is 0.165. The molecule has 2 unspecified atom stereocenters. The molecule has 6 N–H and O–H groups in total. The molecule has 0 aliphatic heterocycles. The first-order chi connectivity index (χ1) is 4.09. The molecule has 0 bridgehead atoms. The minimum Gasteiger partial charge on any atom is -0.318 e. The van der Waals surface area contributed by atoms with Crippen molar-refractivity contribution in [3.05, 3.63) is 0 Å². The summed E-state index contributed by atoms with van der Waals surface area (Å²) in [6, 6.07) is 0. The van der Waals surface area contributed by atoms with Crippen molar-refractivity contribution in [3.63, 3.8) is 0 Å². The van der Waals surface area contributed by atoms with Crippen LogP contribution in [0.15, 0.2) is 0 Å². The highest BCUT2D eigenvalue weighted by Crippen LogP contribution is 1.91. The molecule has 0 aromatic heterocycles. The zero-order valence-corrected chi connectivity index (χ0v) is 6.04. The second-order valence-corrected chi connectivity index (χ2v) is 2.18. The lowest BCUT2D eigenvalue weighted by Gasteiger charge is -2.27. The lowest BCUT2D eigenvalue weighted by atomic mass is 10.4. The number of hydrogen-bond acceptors (Lipinski definition) is 4. The van der Waals surface area contributed by atoms with Crippen LogP contribution in [0.2, 0.25) is 0 Å². The van der Waals surface area contributed by atoms with Crippen LogP contribution < -0.4 is 17.2 Å². The molecule has 0 saturated heterocycles. The van der Waals surface area contributed by atoms with Crippen molar-refractivity contribution in [2.24, 2.45) is 17.2 Å². The van der Waals surface area contributed by atoms with E-state index in [0.29, 0.717) is 6.67 Å². The highest BCUT2D eigenvalue weighted by Gasteiger charge is 2.10. The van der Waals surface area contributed by atoms with Gasteiger partial charge in [-0.15, -0.1) is 0 Å². The van der Waals surface area contributed by atoms with Gasteiger partial charge in [0.25, 0.3) is 0 Å². The zero-order chi connectivity index (χ0) is 7.44. The molecule has 0 radical (unpaired) electrons. The first-order valence-corrected chi connectivity index (χ1v) is 3.06. The van der Waals surface area contributed by atoms with Crippen LogP contribution in [0.3, 0.4) is 0 Å². The van der Waals surface area contributed by atoms with E-state index in [2.05, 4.69) is 0 Å². The summed E-state index contributed by atoms with van der Waals surface area (Å²) < 4.78 is 0. The van der Waals surface area contributed by atoms with Crippen molar-refractivity contribution < 1.29 is 0 Å². The Morgan fingerprint density at radius 1 is 1.22 bits per heavy atom. The third kappa shape index (κ3) is 2.76. The Kier molecular flexibility index (Phi) is 3.72. The summed E-state index contributed by atoms with van der Waals surface area (Å²) in [6.45, 7) is 4.13. The number of nitrogens with zero attached hydrogens (tertiary/aromatic N) is 1. The lowest BCUT2D eigenvalue weighted by Crippen LogP contribution is -2.51. The van der Waals surface area contributed by atoms with E-state index in [4.69, 9.17) is 17.2 Å². The Hall–Kier alpha value is -0.160. The first-order valence-electron chi connectivity index (χ1n) is 3.06. The van der Waals surface area contributed by atoms with E-state index in [1.165, 1.54) is 0 Å². The molecular formula is C5H16N4. The number of rotatable bonds is 3. The maximum atomic E-state index is 5.51. The summed E-state index contributed by atoms with van der Waals surface area (Å²) in [7, 11) is 0. The van der Waals surface area contributed by atoms with Crippen LogP contribution in [-0.4, -0.2) is 23.9 Å². The summed E-state index contributed by atoms with van der Waals surface area (Å²) in [4.78, 5) is 1.79. The van der Waals surface area contributed by atoms with Gasteiger partial charge >= 0.3 is 0 Å². The Bertz CT molecular complexity index is 63.4. The van der Waals surface area contributed by atoms with Crippen LogP contribution >= 0.6 is 0 Å². The molecule has 0 heterocycles. The minimum absolute atomic E-state index is 0.0602. The Balaban J connectivity index is 3.68. The van der Waals surface area contributed by atoms with Crippen molar-refractivity contribution in [1.29, 1.82) is 0 Å². The van der Waals surface area contributed by atoms with Gasteiger partial charge in [-0.1, -0.05) is 0 Å². The van der Waals surface area contributed by atoms with Gasteiger partial charge in [-0.3, -0.25) is 4.90 Å². The third-order valence-electron chi connectivity index (χ3n) is 1.26. The quantitative estimate of drug-likeness (QED) is 0.422. The molecule has 0 aromatic rings. The van der Waals surface area contributed by atoms with E-state index < -0.39 is 0 Å². The van der Waals surface area contributed by atoms with Crippen molar-refractivity contribution in [3.8, 4) is 0 Å². The molecule has 0 aromatic carbocycles. The predicted molar refractivity (Wildman–Crippen MR) is 38.2 cm³/mol. The Morgan fingerprint density at radius 3 is 1.56 bits per heavy atom. The fourth-order valence-electron chi connectivity index (χ4n) is 0.703. The molecule has 2 atom stereocenters. The molecule has 0 amide bonds. The SMILES string of the molecule is CC(N)N(CN)C(C)N. The fourth-order valence-corrected chi connectivity index (χ4v) is 0.703. The van der Waals surface area contributed by atoms with E-state index >= 15 is 0 Å². The van der Waals surface area contributed by atoms with E-state index in [-0.39, 0.29) is 12.3 Å². The van der Waals surface area contributed by atoms with Crippen LogP contribution in [0.5, 0.6) is 0 Å². The Morgan fingerprint density at radius 2 is 1.56 bits per heavy atom. The van der Waals surface area contributed by atoms with Crippen LogP contribution in [0.1, 0.15) is 13.8 Å². The molecule has 0 aliphatic carbocycles. The van der Waals surface area contributed by atoms with Crippen LogP contribution in [0.25, 0.3) is 0 Å². The van der Waals surface area contributed by atoms with E-state index in [9.17, 15) is 0 Å². The van der Waals surface area contributed by atoms with E-state index in [1.807, 2.05) is 13.8 Å². The second kappa shape index (κ2) is 3.79. The van der Waals surface area contributed by atoms with Gasteiger partial charge < -0.3 is 17.2 Å². The van der Waals surface area contributed by atoms with Gasteiger partial charge in [0.15, 0.2) is 0 Å². The maximum Gasteiger partial charge on any atom is 0.0568 e. The third-order valence-corrected chi connectivity index (χ3v) is 1.26. The largest absolute Gasteiger partial charge is 0.318 e.